The molecular weight excluding hydrogens is 230 g/mol. The number of para-hydroxylation sites is 1. The second-order valence-corrected chi connectivity index (χ2v) is 4.56. The van der Waals surface area contributed by atoms with Gasteiger partial charge in [0.1, 0.15) is 12.4 Å². The number of hydrogen-bond donors (Lipinski definition) is 0. The van der Waals surface area contributed by atoms with Crippen molar-refractivity contribution >= 4 is 5.97 Å². The number of nitrogens with zero attached hydrogens (tertiary/aromatic N) is 1. The molecule has 18 heavy (non-hydrogen) atoms. The van der Waals surface area contributed by atoms with Crippen LogP contribution >= 0.6 is 0 Å². The zero-order chi connectivity index (χ0) is 13.0. The van der Waals surface area contributed by atoms with Crippen LogP contribution in [0.4, 0.5) is 0 Å². The van der Waals surface area contributed by atoms with Crippen molar-refractivity contribution in [1.82, 2.24) is 4.90 Å². The summed E-state index contributed by atoms with van der Waals surface area (Å²) >= 11 is 0. The number of methoxy groups -OCH3 is 1. The first-order valence-electron chi connectivity index (χ1n) is 6.22. The number of rotatable bonds is 3. The van der Waals surface area contributed by atoms with Crippen LogP contribution in [0.25, 0.3) is 0 Å². The Labute approximate surface area is 107 Å². The van der Waals surface area contributed by atoms with Gasteiger partial charge < -0.3 is 9.47 Å². The average Bonchev–Trinajstić information content (AvgIpc) is 2.60. The van der Waals surface area contributed by atoms with E-state index in [4.69, 9.17) is 9.47 Å². The van der Waals surface area contributed by atoms with Crippen LogP contribution in [0, 0.1) is 0 Å². The normalized spacial score (nSPS) is 17.2. The molecule has 0 saturated heterocycles. The van der Waals surface area contributed by atoms with Crippen LogP contribution in [0.2, 0.25) is 0 Å². The van der Waals surface area contributed by atoms with E-state index in [2.05, 4.69) is 11.0 Å². The topological polar surface area (TPSA) is 38.8 Å². The lowest BCUT2D eigenvalue weighted by Crippen LogP contribution is -2.36. The lowest BCUT2D eigenvalue weighted by molar-refractivity contribution is -0.142. The first kappa shape index (κ1) is 12.9. The fraction of sp³-hybridized carbons (Fsp3) is 0.500. The highest BCUT2D eigenvalue weighted by atomic mass is 16.5. The molecule has 2 rings (SSSR count). The summed E-state index contributed by atoms with van der Waals surface area (Å²) in [4.78, 5) is 13.6. The minimum atomic E-state index is -0.166. The SMILES string of the molecule is COC(=O)CC(C)N1CCOc2ccccc2C1. The van der Waals surface area contributed by atoms with E-state index in [0.29, 0.717) is 13.0 Å². The van der Waals surface area contributed by atoms with Crippen LogP contribution in [0.5, 0.6) is 5.75 Å². The van der Waals surface area contributed by atoms with E-state index in [-0.39, 0.29) is 12.0 Å². The van der Waals surface area contributed by atoms with Gasteiger partial charge in [0.25, 0.3) is 0 Å². The molecule has 0 saturated carbocycles. The van der Waals surface area contributed by atoms with Gasteiger partial charge in [-0.1, -0.05) is 18.2 Å². The third-order valence-electron chi connectivity index (χ3n) is 3.30. The molecule has 1 unspecified atom stereocenters. The Kier molecular flexibility index (Phi) is 4.20. The molecule has 1 atom stereocenters. The second-order valence-electron chi connectivity index (χ2n) is 4.56. The molecule has 0 fully saturated rings. The quantitative estimate of drug-likeness (QED) is 0.766. The van der Waals surface area contributed by atoms with Crippen molar-refractivity contribution in [3.05, 3.63) is 29.8 Å². The smallest absolute Gasteiger partial charge is 0.307 e. The predicted octanol–water partition coefficient (Wildman–Crippen LogP) is 1.83. The van der Waals surface area contributed by atoms with E-state index in [9.17, 15) is 4.79 Å². The molecule has 4 heteroatoms. The van der Waals surface area contributed by atoms with Gasteiger partial charge in [-0.25, -0.2) is 0 Å². The molecule has 1 heterocycles. The summed E-state index contributed by atoms with van der Waals surface area (Å²) in [6.07, 6.45) is 0.415. The van der Waals surface area contributed by atoms with Gasteiger partial charge >= 0.3 is 5.97 Å². The summed E-state index contributed by atoms with van der Waals surface area (Å²) in [6.45, 7) is 4.34. The number of benzene rings is 1. The predicted molar refractivity (Wildman–Crippen MR) is 68.4 cm³/mol. The van der Waals surface area contributed by atoms with Gasteiger partial charge in [-0.05, 0) is 13.0 Å². The van der Waals surface area contributed by atoms with E-state index in [0.717, 1.165) is 18.8 Å². The van der Waals surface area contributed by atoms with Gasteiger partial charge in [0.05, 0.1) is 13.5 Å². The van der Waals surface area contributed by atoms with E-state index >= 15 is 0 Å². The Morgan fingerprint density at radius 2 is 2.28 bits per heavy atom. The van der Waals surface area contributed by atoms with Gasteiger partial charge in [0, 0.05) is 24.7 Å². The number of hydrogen-bond acceptors (Lipinski definition) is 4. The van der Waals surface area contributed by atoms with Gasteiger partial charge in [0.2, 0.25) is 0 Å². The maximum Gasteiger partial charge on any atom is 0.307 e. The summed E-state index contributed by atoms with van der Waals surface area (Å²) in [6, 6.07) is 8.21. The first-order chi connectivity index (χ1) is 8.70. The minimum Gasteiger partial charge on any atom is -0.492 e. The van der Waals surface area contributed by atoms with Crippen LogP contribution in [0.3, 0.4) is 0 Å². The number of fused-ring (bicyclic) bond motifs is 1. The van der Waals surface area contributed by atoms with Crippen molar-refractivity contribution in [3.63, 3.8) is 0 Å². The Bertz CT molecular complexity index is 419. The van der Waals surface area contributed by atoms with Crippen molar-refractivity contribution in [2.45, 2.75) is 25.9 Å². The molecule has 0 radical (unpaired) electrons. The van der Waals surface area contributed by atoms with Crippen LogP contribution < -0.4 is 4.74 Å². The number of ether oxygens (including phenoxy) is 2. The summed E-state index contributed by atoms with van der Waals surface area (Å²) in [5.74, 6) is 0.784. The third-order valence-corrected chi connectivity index (χ3v) is 3.30. The molecule has 4 nitrogen and oxygen atoms in total. The second kappa shape index (κ2) is 5.87. The Morgan fingerprint density at radius 3 is 3.06 bits per heavy atom. The van der Waals surface area contributed by atoms with E-state index in [1.165, 1.54) is 12.7 Å². The maximum absolute atomic E-state index is 11.3. The highest BCUT2D eigenvalue weighted by Gasteiger charge is 2.21. The van der Waals surface area contributed by atoms with Crippen LogP contribution in [-0.2, 0) is 16.1 Å². The average molecular weight is 249 g/mol. The summed E-state index contributed by atoms with van der Waals surface area (Å²) < 4.78 is 10.4. The molecule has 0 amide bonds. The van der Waals surface area contributed by atoms with Gasteiger partial charge in [-0.3, -0.25) is 9.69 Å². The van der Waals surface area contributed by atoms with Crippen molar-refractivity contribution < 1.29 is 14.3 Å². The minimum absolute atomic E-state index is 0.159. The first-order valence-corrected chi connectivity index (χ1v) is 6.22. The van der Waals surface area contributed by atoms with Crippen molar-refractivity contribution in [2.24, 2.45) is 0 Å². The van der Waals surface area contributed by atoms with Crippen LogP contribution in [0.15, 0.2) is 24.3 Å². The Morgan fingerprint density at radius 1 is 1.50 bits per heavy atom. The molecule has 1 aliphatic heterocycles. The van der Waals surface area contributed by atoms with Crippen molar-refractivity contribution in [1.29, 1.82) is 0 Å². The molecular formula is C14H19NO3. The molecule has 0 spiro atoms. The fourth-order valence-corrected chi connectivity index (χ4v) is 2.18. The molecule has 1 aromatic rings. The Balaban J connectivity index is 2.05. The largest absolute Gasteiger partial charge is 0.492 e. The zero-order valence-electron chi connectivity index (χ0n) is 10.9. The van der Waals surface area contributed by atoms with E-state index in [1.54, 1.807) is 0 Å². The standard InChI is InChI=1S/C14H19NO3/c1-11(9-14(16)17-2)15-7-8-18-13-6-4-3-5-12(13)10-15/h3-6,11H,7-10H2,1-2H3. The lowest BCUT2D eigenvalue weighted by atomic mass is 10.1. The summed E-state index contributed by atoms with van der Waals surface area (Å²) in [7, 11) is 1.43. The van der Waals surface area contributed by atoms with Gasteiger partial charge in [-0.15, -0.1) is 0 Å². The molecule has 1 aromatic carbocycles. The zero-order valence-corrected chi connectivity index (χ0v) is 10.9. The molecule has 0 aliphatic carbocycles. The molecule has 0 N–H and O–H groups in total. The summed E-state index contributed by atoms with van der Waals surface area (Å²) in [5, 5.41) is 0. The monoisotopic (exact) mass is 249 g/mol. The maximum atomic E-state index is 11.3. The Hall–Kier alpha value is -1.55. The van der Waals surface area contributed by atoms with E-state index < -0.39 is 0 Å². The summed E-state index contributed by atoms with van der Waals surface area (Å²) in [5.41, 5.74) is 1.17. The van der Waals surface area contributed by atoms with Crippen LogP contribution in [-0.4, -0.2) is 37.2 Å². The van der Waals surface area contributed by atoms with Crippen LogP contribution in [0.1, 0.15) is 18.9 Å². The van der Waals surface area contributed by atoms with E-state index in [1.807, 2.05) is 25.1 Å². The van der Waals surface area contributed by atoms with Gasteiger partial charge in [0.15, 0.2) is 0 Å². The number of esters is 1. The molecule has 1 aliphatic rings. The fourth-order valence-electron chi connectivity index (χ4n) is 2.18. The third kappa shape index (κ3) is 3.01. The highest BCUT2D eigenvalue weighted by molar-refractivity contribution is 5.69. The molecule has 0 aromatic heterocycles. The number of carbonyl (C=O) groups is 1. The molecule has 0 bridgehead atoms. The highest BCUT2D eigenvalue weighted by Crippen LogP contribution is 2.23. The van der Waals surface area contributed by atoms with Crippen molar-refractivity contribution in [3.8, 4) is 5.75 Å². The van der Waals surface area contributed by atoms with Gasteiger partial charge in [-0.2, -0.15) is 0 Å². The van der Waals surface area contributed by atoms with Crippen molar-refractivity contribution in [2.75, 3.05) is 20.3 Å². The lowest BCUT2D eigenvalue weighted by Gasteiger charge is -2.26. The molecule has 98 valence electrons. The number of carbonyl (C=O) groups excluding carboxylic acids is 1.